The lowest BCUT2D eigenvalue weighted by atomic mass is 9.86. The number of hydrogen-bond acceptors (Lipinski definition) is 10. The molecule has 2 aromatic rings. The van der Waals surface area contributed by atoms with Crippen molar-refractivity contribution in [3.63, 3.8) is 0 Å². The average Bonchev–Trinajstić information content (AvgIpc) is 3.16. The van der Waals surface area contributed by atoms with E-state index in [0.29, 0.717) is 60.6 Å². The van der Waals surface area contributed by atoms with E-state index < -0.39 is 0 Å². The molecule has 3 rings (SSSR count). The second-order valence-electron chi connectivity index (χ2n) is 11.3. The van der Waals surface area contributed by atoms with Crippen molar-refractivity contribution in [3.8, 4) is 0 Å². The van der Waals surface area contributed by atoms with Gasteiger partial charge in [0.25, 0.3) is 0 Å². The summed E-state index contributed by atoms with van der Waals surface area (Å²) in [6.07, 6.45) is 4.20. The van der Waals surface area contributed by atoms with Crippen LogP contribution in [-0.4, -0.2) is 53.8 Å². The van der Waals surface area contributed by atoms with Crippen molar-refractivity contribution in [1.82, 2.24) is 9.97 Å². The standard InChI is InChI=1S/C29H45N7O2S/c1-19(2)22(20(3)4)18-38-24(31)12-13-32-26-11-10-23(30)28(35-26)36-17-21(16-29(36,5)6)37-15-14-33-25-8-7-9-27(39)34-25/h7-13,19-22,31H,14-18,30H2,1-6H3,(H,32,35)(H2,33,34,39)/b13-12-,31-24?. The van der Waals surface area contributed by atoms with Crippen LogP contribution in [0.25, 0.3) is 0 Å². The second kappa shape index (κ2) is 13.9. The summed E-state index contributed by atoms with van der Waals surface area (Å²) < 4.78 is 11.9. The van der Waals surface area contributed by atoms with Gasteiger partial charge in [0, 0.05) is 30.9 Å². The van der Waals surface area contributed by atoms with Gasteiger partial charge in [0.15, 0.2) is 5.82 Å². The highest BCUT2D eigenvalue weighted by Crippen LogP contribution is 2.37. The number of rotatable bonds is 13. The average molecular weight is 556 g/mol. The third kappa shape index (κ3) is 9.03. The maximum absolute atomic E-state index is 8.12. The minimum absolute atomic E-state index is 0.0572. The molecule has 9 nitrogen and oxygen atoms in total. The second-order valence-corrected chi connectivity index (χ2v) is 11.8. The van der Waals surface area contributed by atoms with Crippen LogP contribution in [0.5, 0.6) is 0 Å². The number of anilines is 4. The van der Waals surface area contributed by atoms with Crippen LogP contribution >= 0.6 is 12.6 Å². The van der Waals surface area contributed by atoms with Gasteiger partial charge in [0.2, 0.25) is 5.90 Å². The summed E-state index contributed by atoms with van der Waals surface area (Å²) >= 11 is 4.28. The molecule has 1 unspecified atom stereocenters. The third-order valence-electron chi connectivity index (χ3n) is 7.11. The summed E-state index contributed by atoms with van der Waals surface area (Å²) in [6.45, 7) is 15.6. The molecule has 0 aliphatic carbocycles. The quantitative estimate of drug-likeness (QED) is 0.0926. The van der Waals surface area contributed by atoms with E-state index in [2.05, 4.69) is 74.7 Å². The van der Waals surface area contributed by atoms with Crippen LogP contribution in [0.15, 0.2) is 47.6 Å². The highest BCUT2D eigenvalue weighted by atomic mass is 32.1. The van der Waals surface area contributed by atoms with Crippen LogP contribution in [0.4, 0.5) is 23.1 Å². The Bertz CT molecular complexity index is 1110. The van der Waals surface area contributed by atoms with Crippen LogP contribution in [-0.2, 0) is 9.47 Å². The van der Waals surface area contributed by atoms with Gasteiger partial charge in [0.1, 0.15) is 11.6 Å². The van der Waals surface area contributed by atoms with E-state index in [1.54, 1.807) is 12.3 Å². The molecule has 1 aliphatic rings. The fourth-order valence-corrected chi connectivity index (χ4v) is 5.13. The zero-order valence-corrected chi connectivity index (χ0v) is 25.0. The van der Waals surface area contributed by atoms with Gasteiger partial charge in [-0.1, -0.05) is 33.8 Å². The molecule has 2 aromatic heterocycles. The van der Waals surface area contributed by atoms with Crippen molar-refractivity contribution >= 4 is 41.7 Å². The molecule has 0 amide bonds. The summed E-state index contributed by atoms with van der Waals surface area (Å²) in [7, 11) is 0. The summed E-state index contributed by atoms with van der Waals surface area (Å²) in [5.74, 6) is 3.68. The summed E-state index contributed by atoms with van der Waals surface area (Å²) in [4.78, 5) is 11.3. The number of nitrogens with one attached hydrogen (secondary N) is 3. The summed E-state index contributed by atoms with van der Waals surface area (Å²) in [5, 5.41) is 15.2. The number of ether oxygens (including phenoxy) is 2. The molecular formula is C29H45N7O2S. The van der Waals surface area contributed by atoms with E-state index in [9.17, 15) is 0 Å². The summed E-state index contributed by atoms with van der Waals surface area (Å²) in [5.41, 5.74) is 6.80. The van der Waals surface area contributed by atoms with Gasteiger partial charge in [-0.05, 0) is 62.3 Å². The number of nitrogens with zero attached hydrogens (tertiary/aromatic N) is 3. The Kier molecular flexibility index (Phi) is 10.9. The number of nitrogens with two attached hydrogens (primary N) is 1. The van der Waals surface area contributed by atoms with Crippen molar-refractivity contribution in [2.24, 2.45) is 17.8 Å². The molecule has 5 N–H and O–H groups in total. The van der Waals surface area contributed by atoms with Gasteiger partial charge >= 0.3 is 0 Å². The van der Waals surface area contributed by atoms with E-state index in [0.717, 1.165) is 18.1 Å². The van der Waals surface area contributed by atoms with Gasteiger partial charge in [-0.25, -0.2) is 9.97 Å². The highest BCUT2D eigenvalue weighted by molar-refractivity contribution is 7.80. The van der Waals surface area contributed by atoms with Crippen molar-refractivity contribution in [2.45, 2.75) is 64.6 Å². The van der Waals surface area contributed by atoms with Crippen LogP contribution in [0.3, 0.4) is 0 Å². The van der Waals surface area contributed by atoms with E-state index in [1.165, 1.54) is 0 Å². The van der Waals surface area contributed by atoms with Crippen molar-refractivity contribution in [1.29, 1.82) is 5.41 Å². The number of pyridine rings is 2. The van der Waals surface area contributed by atoms with Gasteiger partial charge in [-0.2, -0.15) is 0 Å². The molecule has 1 atom stereocenters. The molecular weight excluding hydrogens is 510 g/mol. The molecule has 214 valence electrons. The minimum atomic E-state index is -0.172. The maximum Gasteiger partial charge on any atom is 0.207 e. The predicted octanol–water partition coefficient (Wildman–Crippen LogP) is 5.68. The SMILES string of the molecule is CC(C)C(COC(=N)/C=C\Nc1ccc(N)c(N2CC(OCCNc3cccc(S)n3)CC2(C)C)n1)C(C)C. The molecule has 0 saturated carbocycles. The Labute approximate surface area is 238 Å². The van der Waals surface area contributed by atoms with Crippen LogP contribution in [0.1, 0.15) is 48.0 Å². The zero-order chi connectivity index (χ0) is 28.6. The number of thiol groups is 1. The lowest BCUT2D eigenvalue weighted by molar-refractivity contribution is 0.0710. The normalized spacial score (nSPS) is 17.0. The smallest absolute Gasteiger partial charge is 0.207 e. The Morgan fingerprint density at radius 3 is 2.62 bits per heavy atom. The highest BCUT2D eigenvalue weighted by Gasteiger charge is 2.40. The Hall–Kier alpha value is -2.98. The topological polar surface area (TPSA) is 121 Å². The Morgan fingerprint density at radius 1 is 1.18 bits per heavy atom. The molecule has 1 saturated heterocycles. The van der Waals surface area contributed by atoms with E-state index >= 15 is 0 Å². The zero-order valence-electron chi connectivity index (χ0n) is 24.1. The molecule has 0 radical (unpaired) electrons. The molecule has 39 heavy (non-hydrogen) atoms. The molecule has 3 heterocycles. The van der Waals surface area contributed by atoms with Crippen LogP contribution < -0.4 is 21.3 Å². The first-order valence-electron chi connectivity index (χ1n) is 13.7. The molecule has 10 heteroatoms. The first-order chi connectivity index (χ1) is 18.5. The predicted molar refractivity (Wildman–Crippen MR) is 164 cm³/mol. The fraction of sp³-hybridized carbons (Fsp3) is 0.552. The third-order valence-corrected chi connectivity index (χ3v) is 7.36. The Morgan fingerprint density at radius 2 is 1.92 bits per heavy atom. The molecule has 1 fully saturated rings. The minimum Gasteiger partial charge on any atom is -0.478 e. The van der Waals surface area contributed by atoms with Crippen LogP contribution in [0.2, 0.25) is 0 Å². The van der Waals surface area contributed by atoms with E-state index in [-0.39, 0.29) is 17.5 Å². The Balaban J connectivity index is 1.53. The van der Waals surface area contributed by atoms with Crippen molar-refractivity contribution in [2.75, 3.05) is 47.6 Å². The lowest BCUT2D eigenvalue weighted by Crippen LogP contribution is -2.39. The maximum atomic E-state index is 8.12. The molecule has 0 aromatic carbocycles. The summed E-state index contributed by atoms with van der Waals surface area (Å²) in [6, 6.07) is 9.36. The van der Waals surface area contributed by atoms with Gasteiger partial charge in [-0.3, -0.25) is 5.41 Å². The van der Waals surface area contributed by atoms with Gasteiger partial charge in [0.05, 0.1) is 30.0 Å². The monoisotopic (exact) mass is 555 g/mol. The van der Waals surface area contributed by atoms with Gasteiger partial charge < -0.3 is 30.7 Å². The number of aromatic nitrogens is 2. The van der Waals surface area contributed by atoms with E-state index in [1.807, 2.05) is 30.3 Å². The van der Waals surface area contributed by atoms with Gasteiger partial charge in [-0.15, -0.1) is 12.6 Å². The fourth-order valence-electron chi connectivity index (χ4n) is 4.94. The number of nitrogen functional groups attached to an aromatic ring is 1. The van der Waals surface area contributed by atoms with Crippen LogP contribution in [0, 0.1) is 23.2 Å². The van der Waals surface area contributed by atoms with Crippen molar-refractivity contribution in [3.05, 3.63) is 42.6 Å². The lowest BCUT2D eigenvalue weighted by Gasteiger charge is -2.33. The molecule has 1 aliphatic heterocycles. The largest absolute Gasteiger partial charge is 0.478 e. The first kappa shape index (κ1) is 30.6. The van der Waals surface area contributed by atoms with E-state index in [4.69, 9.17) is 25.6 Å². The molecule has 0 bridgehead atoms. The molecule has 0 spiro atoms. The van der Waals surface area contributed by atoms with Crippen molar-refractivity contribution < 1.29 is 9.47 Å². The first-order valence-corrected chi connectivity index (χ1v) is 14.1. The number of hydrogen-bond donors (Lipinski definition) is 5.